The van der Waals surface area contributed by atoms with Crippen molar-refractivity contribution in [3.05, 3.63) is 121 Å². The van der Waals surface area contributed by atoms with Gasteiger partial charge in [0.05, 0.1) is 5.52 Å². The summed E-state index contributed by atoms with van der Waals surface area (Å²) in [4.78, 5) is 8.86. The number of pyridine rings is 3. The van der Waals surface area contributed by atoms with Gasteiger partial charge in [0.25, 0.3) is 0 Å². The molecule has 3 aromatic carbocycles. The molecule has 1 radical (unpaired) electrons. The van der Waals surface area contributed by atoms with Crippen LogP contribution in [0.4, 0.5) is 0 Å². The Morgan fingerprint density at radius 1 is 0.861 bits per heavy atom. The van der Waals surface area contributed by atoms with E-state index in [0.29, 0.717) is 0 Å². The first-order valence-corrected chi connectivity index (χ1v) is 11.3. The van der Waals surface area contributed by atoms with Gasteiger partial charge in [-0.25, -0.2) is 0 Å². The zero-order chi connectivity index (χ0) is 26.3. The maximum atomic E-state index is 7.23. The minimum Gasteiger partial charge on any atom is -0.304 e. The number of hydrogen-bond acceptors (Lipinski definition) is 3. The monoisotopic (exact) mass is 646 g/mol. The standard InChI is InChI=1S/C19H12N3.C12H10N.Ir/c1-12-5-4-8-15-18-17(16-9-10-21-22(16)19(12)15)14-7-3-2-6-13(14)11-20-18;1-10-7-8-12(13-9-10)11-5-3-2-4-6-11;/h2-7,9-11H,1H3;2-5,7-9H,1H3;/q2*-1;/i;1D3;. The third-order valence-electron chi connectivity index (χ3n) is 6.07. The van der Waals surface area contributed by atoms with Crippen LogP contribution in [0.5, 0.6) is 0 Å². The Balaban J connectivity index is 0.000000163. The smallest absolute Gasteiger partial charge is 0.0570 e. The number of nitrogens with zero attached hydrogens (tertiary/aromatic N) is 4. The molecule has 0 saturated heterocycles. The third kappa shape index (κ3) is 4.17. The fraction of sp³-hybridized carbons (Fsp3) is 0.0645. The zero-order valence-electron chi connectivity index (χ0n) is 22.4. The third-order valence-corrected chi connectivity index (χ3v) is 6.07. The first-order chi connectivity index (χ1) is 18.4. The zero-order valence-corrected chi connectivity index (χ0v) is 21.8. The second-order valence-corrected chi connectivity index (χ2v) is 8.29. The van der Waals surface area contributed by atoms with Gasteiger partial charge >= 0.3 is 0 Å². The number of aromatic nitrogens is 4. The number of rotatable bonds is 1. The van der Waals surface area contributed by atoms with Crippen LogP contribution < -0.4 is 0 Å². The molecule has 7 rings (SSSR count). The first-order valence-electron chi connectivity index (χ1n) is 12.8. The Bertz CT molecular complexity index is 1920. The minimum atomic E-state index is -2.09. The van der Waals surface area contributed by atoms with Gasteiger partial charge in [0, 0.05) is 48.3 Å². The largest absolute Gasteiger partial charge is 0.304 e. The number of aryl methyl sites for hydroxylation is 2. The molecule has 5 heteroatoms. The summed E-state index contributed by atoms with van der Waals surface area (Å²) >= 11 is 0. The number of hydrogen-bond donors (Lipinski definition) is 0. The normalized spacial score (nSPS) is 12.4. The van der Waals surface area contributed by atoms with Crippen molar-refractivity contribution in [1.29, 1.82) is 0 Å². The van der Waals surface area contributed by atoms with Crippen molar-refractivity contribution in [1.82, 2.24) is 19.6 Å². The van der Waals surface area contributed by atoms with Gasteiger partial charge in [-0.2, -0.15) is 5.10 Å². The molecule has 36 heavy (non-hydrogen) atoms. The van der Waals surface area contributed by atoms with E-state index in [1.165, 1.54) is 17.1 Å². The van der Waals surface area contributed by atoms with E-state index in [1.807, 2.05) is 47.2 Å². The van der Waals surface area contributed by atoms with Gasteiger partial charge < -0.3 is 9.97 Å². The van der Waals surface area contributed by atoms with Crippen molar-refractivity contribution >= 4 is 38.1 Å². The van der Waals surface area contributed by atoms with Crippen LogP contribution in [-0.2, 0) is 20.1 Å². The van der Waals surface area contributed by atoms with E-state index in [4.69, 9.17) is 9.10 Å². The van der Waals surface area contributed by atoms with Crippen molar-refractivity contribution < 1.29 is 24.2 Å². The van der Waals surface area contributed by atoms with E-state index < -0.39 is 6.85 Å². The Kier molecular flexibility index (Phi) is 5.63. The molecule has 0 spiro atoms. The molecule has 0 bridgehead atoms. The molecule has 0 aliphatic heterocycles. The molecule has 0 amide bonds. The maximum Gasteiger partial charge on any atom is 0.0570 e. The maximum absolute atomic E-state index is 7.23. The van der Waals surface area contributed by atoms with Gasteiger partial charge in [-0.05, 0) is 45.9 Å². The van der Waals surface area contributed by atoms with E-state index in [9.17, 15) is 0 Å². The molecule has 0 aliphatic rings. The van der Waals surface area contributed by atoms with E-state index in [0.717, 1.165) is 44.0 Å². The van der Waals surface area contributed by atoms with Crippen molar-refractivity contribution in [3.63, 3.8) is 0 Å². The molecular weight excluding hydrogens is 621 g/mol. The van der Waals surface area contributed by atoms with Crippen LogP contribution in [0.1, 0.15) is 15.2 Å². The first kappa shape index (κ1) is 20.3. The molecule has 0 atom stereocenters. The Morgan fingerprint density at radius 2 is 1.75 bits per heavy atom. The van der Waals surface area contributed by atoms with Gasteiger partial charge in [0.2, 0.25) is 0 Å². The fourth-order valence-corrected chi connectivity index (χ4v) is 4.44. The van der Waals surface area contributed by atoms with Crippen molar-refractivity contribution in [2.45, 2.75) is 13.8 Å². The molecule has 0 aliphatic carbocycles. The molecule has 0 fully saturated rings. The summed E-state index contributed by atoms with van der Waals surface area (Å²) < 4.78 is 23.7. The van der Waals surface area contributed by atoms with E-state index in [1.54, 1.807) is 18.2 Å². The van der Waals surface area contributed by atoms with Gasteiger partial charge in [-0.3, -0.25) is 4.52 Å². The Hall–Kier alpha value is -3.92. The molecule has 4 heterocycles. The molecule has 7 aromatic rings. The summed E-state index contributed by atoms with van der Waals surface area (Å²) in [7, 11) is 0. The van der Waals surface area contributed by atoms with E-state index in [-0.39, 0.29) is 25.7 Å². The number of benzene rings is 3. The van der Waals surface area contributed by atoms with E-state index in [2.05, 4.69) is 59.5 Å². The predicted molar refractivity (Wildman–Crippen MR) is 142 cm³/mol. The predicted octanol–water partition coefficient (Wildman–Crippen LogP) is 7.15. The summed E-state index contributed by atoms with van der Waals surface area (Å²) in [6, 6.07) is 31.6. The van der Waals surface area contributed by atoms with Crippen molar-refractivity contribution in [2.75, 3.05) is 0 Å². The summed E-state index contributed by atoms with van der Waals surface area (Å²) in [6.07, 6.45) is 5.19. The Labute approximate surface area is 227 Å². The minimum absolute atomic E-state index is 0. The summed E-state index contributed by atoms with van der Waals surface area (Å²) in [5, 5.41) is 9.05. The van der Waals surface area contributed by atoms with Crippen LogP contribution >= 0.6 is 0 Å². The van der Waals surface area contributed by atoms with Gasteiger partial charge in [0.15, 0.2) is 0 Å². The van der Waals surface area contributed by atoms with Crippen LogP contribution in [0.3, 0.4) is 0 Å². The molecule has 0 saturated carbocycles. The van der Waals surface area contributed by atoms with Crippen LogP contribution in [-0.4, -0.2) is 19.6 Å². The van der Waals surface area contributed by atoms with Crippen molar-refractivity contribution in [3.8, 4) is 11.3 Å². The van der Waals surface area contributed by atoms with Gasteiger partial charge in [-0.15, -0.1) is 59.7 Å². The van der Waals surface area contributed by atoms with Gasteiger partial charge in [0.1, 0.15) is 0 Å². The average molecular weight is 646 g/mol. The van der Waals surface area contributed by atoms with E-state index >= 15 is 0 Å². The SMILES string of the molecule is Cc1cc[c-]c2c3ncc4ccccc4c3c3ccnn3c12.[2H]C([2H])([2H])c1ccc(-c2[c-]cccc2)nc1.[Ir]. The summed E-state index contributed by atoms with van der Waals surface area (Å²) in [6.45, 7) is 0.0100. The molecule has 4 aromatic heterocycles. The van der Waals surface area contributed by atoms with Gasteiger partial charge in [-0.1, -0.05) is 48.7 Å². The van der Waals surface area contributed by atoms with Crippen molar-refractivity contribution in [2.24, 2.45) is 0 Å². The molecule has 177 valence electrons. The quantitative estimate of drug-likeness (QED) is 0.141. The topological polar surface area (TPSA) is 43.1 Å². The molecule has 4 nitrogen and oxygen atoms in total. The molecular formula is C31H22IrN4-2. The average Bonchev–Trinajstić information content (AvgIpc) is 3.43. The second-order valence-electron chi connectivity index (χ2n) is 8.29. The Morgan fingerprint density at radius 3 is 2.56 bits per heavy atom. The van der Waals surface area contributed by atoms with Crippen LogP contribution in [0.2, 0.25) is 0 Å². The second kappa shape index (κ2) is 9.98. The van der Waals surface area contributed by atoms with Crippen LogP contribution in [0, 0.1) is 25.9 Å². The molecule has 0 unspecified atom stereocenters. The fourth-order valence-electron chi connectivity index (χ4n) is 4.44. The molecule has 0 N–H and O–H groups in total. The van der Waals surface area contributed by atoms with Crippen LogP contribution in [0.25, 0.3) is 49.4 Å². The summed E-state index contributed by atoms with van der Waals surface area (Å²) in [5.74, 6) is 0. The summed E-state index contributed by atoms with van der Waals surface area (Å²) in [5.41, 5.74) is 6.19. The number of fused-ring (bicyclic) bond motifs is 8. The van der Waals surface area contributed by atoms with Crippen LogP contribution in [0.15, 0.2) is 97.5 Å².